The zero-order chi connectivity index (χ0) is 37.8. The largest absolute Gasteiger partial charge is 0.480 e. The minimum atomic E-state index is -1.62. The number of nitrogens with two attached hydrogens (primary N) is 2. The summed E-state index contributed by atoms with van der Waals surface area (Å²) < 4.78 is 0. The number of amides is 4. The lowest BCUT2D eigenvalue weighted by Gasteiger charge is -2.27. The quantitative estimate of drug-likeness (QED) is 0.0486. The molecule has 0 saturated carbocycles. The van der Waals surface area contributed by atoms with Crippen molar-refractivity contribution in [2.45, 2.75) is 75.3 Å². The van der Waals surface area contributed by atoms with Crippen LogP contribution in [0.4, 0.5) is 0 Å². The molecular formula is C37H47N7O7S. The number of carbonyl (C=O) groups is 5. The molecule has 0 aliphatic rings. The minimum Gasteiger partial charge on any atom is -0.480 e. The van der Waals surface area contributed by atoms with Crippen LogP contribution in [0.2, 0.25) is 0 Å². The number of carbonyl (C=O) groups excluding carboxylic acids is 4. The molecule has 0 unspecified atom stereocenters. The predicted octanol–water partition coefficient (Wildman–Crippen LogP) is 0.897. The lowest BCUT2D eigenvalue weighted by molar-refractivity contribution is -0.145. The van der Waals surface area contributed by atoms with Crippen LogP contribution >= 0.6 is 12.6 Å². The molecule has 0 saturated heterocycles. The van der Waals surface area contributed by atoms with Gasteiger partial charge in [-0.25, -0.2) is 4.79 Å². The number of hydrogen-bond donors (Lipinski definition) is 10. The maximum Gasteiger partial charge on any atom is 0.328 e. The number of thiol groups is 1. The van der Waals surface area contributed by atoms with Gasteiger partial charge in [-0.05, 0) is 60.7 Å². The summed E-state index contributed by atoms with van der Waals surface area (Å²) in [7, 11) is 0. The highest BCUT2D eigenvalue weighted by Crippen LogP contribution is 2.22. The van der Waals surface area contributed by atoms with Crippen molar-refractivity contribution in [1.29, 1.82) is 0 Å². The van der Waals surface area contributed by atoms with Crippen molar-refractivity contribution in [1.82, 2.24) is 26.3 Å². The number of aliphatic carboxylic acids is 1. The average molecular weight is 734 g/mol. The fraction of sp³-hybridized carbons (Fsp3) is 0.378. The second-order valence-corrected chi connectivity index (χ2v) is 13.1. The molecule has 0 bridgehead atoms. The smallest absolute Gasteiger partial charge is 0.328 e. The summed E-state index contributed by atoms with van der Waals surface area (Å²) in [6, 6.07) is 14.4. The van der Waals surface area contributed by atoms with Crippen molar-refractivity contribution in [2.75, 3.05) is 12.3 Å². The number of carboxylic acid groups (broad SMARTS) is 1. The number of hydrogen-bond acceptors (Lipinski definition) is 9. The normalized spacial score (nSPS) is 14.8. The van der Waals surface area contributed by atoms with Gasteiger partial charge in [0, 0.05) is 35.7 Å². The average Bonchev–Trinajstić information content (AvgIpc) is 3.54. The molecule has 4 rings (SSSR count). The van der Waals surface area contributed by atoms with Gasteiger partial charge in [0.15, 0.2) is 6.04 Å². The zero-order valence-electron chi connectivity index (χ0n) is 28.9. The summed E-state index contributed by atoms with van der Waals surface area (Å²) in [6.07, 6.45) is 1.43. The number of rotatable bonds is 19. The molecule has 1 heterocycles. The second kappa shape index (κ2) is 19.0. The first-order valence-electron chi connectivity index (χ1n) is 17.1. The van der Waals surface area contributed by atoms with E-state index in [1.54, 1.807) is 6.20 Å². The standard InChI is InChI=1S/C37H47N7O7S/c1-21(45)32(37(50)51)44-34(47)29(15-6-7-16-38)41-35(48)31(18-24-19-40-28-14-5-4-13-26(24)28)43-36(49)30(42-33(46)27(39)20-52)17-23-11-8-10-22-9-2-3-12-25(22)23/h2-5,8-14,19,21,27,29-32,40,45,52H,6-7,15-18,20,38-39H2,1H3,(H,41,48)(H,42,46)(H,43,49)(H,44,47)(H,50,51)/t21-,27+,29+,30+,31-,32+/m1/s1. The molecule has 6 atom stereocenters. The van der Waals surface area contributed by atoms with E-state index in [1.807, 2.05) is 66.7 Å². The van der Waals surface area contributed by atoms with Crippen LogP contribution in [0.3, 0.4) is 0 Å². The summed E-state index contributed by atoms with van der Waals surface area (Å²) in [5, 5.41) is 32.7. The van der Waals surface area contributed by atoms with Crippen molar-refractivity contribution in [3.63, 3.8) is 0 Å². The molecule has 278 valence electrons. The maximum atomic E-state index is 14.2. The van der Waals surface area contributed by atoms with Crippen LogP contribution in [0.1, 0.15) is 37.3 Å². The van der Waals surface area contributed by atoms with Crippen LogP contribution in [0.5, 0.6) is 0 Å². The summed E-state index contributed by atoms with van der Waals surface area (Å²) in [5.41, 5.74) is 13.9. The van der Waals surface area contributed by atoms with Gasteiger partial charge in [-0.3, -0.25) is 19.2 Å². The third-order valence-electron chi connectivity index (χ3n) is 8.83. The molecule has 0 fully saturated rings. The fourth-order valence-electron chi connectivity index (χ4n) is 5.94. The SMILES string of the molecule is C[C@@H](O)[C@H](NC(=O)[C@H](CCCCN)NC(=O)[C@@H](Cc1c[nH]c2ccccc12)NC(=O)[C@H](Cc1cccc2ccccc12)NC(=O)[C@@H](N)CS)C(=O)O. The minimum absolute atomic E-state index is 0.00472. The summed E-state index contributed by atoms with van der Waals surface area (Å²) in [4.78, 5) is 69.6. The van der Waals surface area contributed by atoms with Crippen LogP contribution in [-0.4, -0.2) is 93.4 Å². The number of unbranched alkanes of at least 4 members (excludes halogenated alkanes) is 1. The third-order valence-corrected chi connectivity index (χ3v) is 9.22. The molecule has 14 nitrogen and oxygen atoms in total. The lowest BCUT2D eigenvalue weighted by atomic mass is 9.97. The highest BCUT2D eigenvalue weighted by molar-refractivity contribution is 7.80. The van der Waals surface area contributed by atoms with Crippen molar-refractivity contribution in [3.05, 3.63) is 84.1 Å². The number of aliphatic hydroxyl groups excluding tert-OH is 1. The highest BCUT2D eigenvalue weighted by Gasteiger charge is 2.33. The number of carboxylic acids is 1. The van der Waals surface area contributed by atoms with E-state index < -0.39 is 65.9 Å². The number of benzene rings is 3. The molecule has 1 aromatic heterocycles. The molecule has 0 aliphatic heterocycles. The number of para-hydroxylation sites is 1. The van der Waals surface area contributed by atoms with E-state index in [0.717, 1.165) is 27.2 Å². The third kappa shape index (κ3) is 10.5. The number of aromatic nitrogens is 1. The van der Waals surface area contributed by atoms with Gasteiger partial charge in [-0.1, -0.05) is 60.7 Å². The van der Waals surface area contributed by atoms with Crippen LogP contribution in [-0.2, 0) is 36.8 Å². The Balaban J connectivity index is 1.67. The Kier molecular flexibility index (Phi) is 14.6. The number of aromatic amines is 1. The molecular weight excluding hydrogens is 687 g/mol. The van der Waals surface area contributed by atoms with Gasteiger partial charge in [0.1, 0.15) is 18.1 Å². The fourth-order valence-corrected chi connectivity index (χ4v) is 6.11. The van der Waals surface area contributed by atoms with Crippen LogP contribution in [0.15, 0.2) is 72.9 Å². The van der Waals surface area contributed by atoms with Crippen LogP contribution < -0.4 is 32.7 Å². The Morgan fingerprint density at radius 1 is 0.750 bits per heavy atom. The molecule has 4 amide bonds. The first kappa shape index (κ1) is 39.8. The van der Waals surface area contributed by atoms with E-state index in [1.165, 1.54) is 6.92 Å². The molecule has 11 N–H and O–H groups in total. The van der Waals surface area contributed by atoms with E-state index in [9.17, 15) is 34.2 Å². The van der Waals surface area contributed by atoms with E-state index in [-0.39, 0.29) is 25.0 Å². The molecule has 0 aliphatic carbocycles. The van der Waals surface area contributed by atoms with Gasteiger partial charge in [-0.2, -0.15) is 12.6 Å². The highest BCUT2D eigenvalue weighted by atomic mass is 32.1. The molecule has 0 radical (unpaired) electrons. The first-order chi connectivity index (χ1) is 24.9. The lowest BCUT2D eigenvalue weighted by Crippen LogP contribution is -2.60. The Morgan fingerprint density at radius 2 is 1.33 bits per heavy atom. The number of nitrogens with one attached hydrogen (secondary N) is 5. The first-order valence-corrected chi connectivity index (χ1v) is 17.8. The van der Waals surface area contributed by atoms with Crippen molar-refractivity contribution in [2.24, 2.45) is 11.5 Å². The summed E-state index contributed by atoms with van der Waals surface area (Å²) in [6.45, 7) is 1.55. The molecule has 0 spiro atoms. The van der Waals surface area contributed by atoms with Crippen molar-refractivity contribution in [3.8, 4) is 0 Å². The van der Waals surface area contributed by atoms with Gasteiger partial charge in [0.25, 0.3) is 0 Å². The zero-order valence-corrected chi connectivity index (χ0v) is 29.8. The topological polar surface area (TPSA) is 242 Å². The van der Waals surface area contributed by atoms with Crippen molar-refractivity contribution < 1.29 is 34.2 Å². The summed E-state index contributed by atoms with van der Waals surface area (Å²) >= 11 is 4.13. The van der Waals surface area contributed by atoms with E-state index in [0.29, 0.717) is 24.9 Å². The van der Waals surface area contributed by atoms with Crippen LogP contribution in [0.25, 0.3) is 21.7 Å². The van der Waals surface area contributed by atoms with Crippen LogP contribution in [0, 0.1) is 0 Å². The second-order valence-electron chi connectivity index (χ2n) is 12.7. The van der Waals surface area contributed by atoms with E-state index >= 15 is 0 Å². The Hall–Kier alpha value is -4.96. The monoisotopic (exact) mass is 733 g/mol. The Morgan fingerprint density at radius 3 is 1.98 bits per heavy atom. The van der Waals surface area contributed by atoms with Crippen molar-refractivity contribution >= 4 is 63.9 Å². The van der Waals surface area contributed by atoms with Gasteiger partial charge in [-0.15, -0.1) is 0 Å². The van der Waals surface area contributed by atoms with Gasteiger partial charge < -0.3 is 47.9 Å². The van der Waals surface area contributed by atoms with E-state index in [4.69, 9.17) is 11.5 Å². The van der Waals surface area contributed by atoms with Gasteiger partial charge >= 0.3 is 5.97 Å². The molecule has 4 aromatic rings. The predicted molar refractivity (Wildman–Crippen MR) is 201 cm³/mol. The van der Waals surface area contributed by atoms with Gasteiger partial charge in [0.2, 0.25) is 23.6 Å². The number of H-pyrrole nitrogens is 1. The molecule has 15 heteroatoms. The molecule has 3 aromatic carbocycles. The number of aliphatic hydroxyl groups is 1. The maximum absolute atomic E-state index is 14.2. The Labute approximate surface area is 306 Å². The Bertz CT molecular complexity index is 1860. The van der Waals surface area contributed by atoms with E-state index in [2.05, 4.69) is 38.9 Å². The molecule has 52 heavy (non-hydrogen) atoms. The van der Waals surface area contributed by atoms with Gasteiger partial charge in [0.05, 0.1) is 12.1 Å². The summed E-state index contributed by atoms with van der Waals surface area (Å²) in [5.74, 6) is -4.23. The number of fused-ring (bicyclic) bond motifs is 2.